The van der Waals surface area contributed by atoms with Gasteiger partial charge in [-0.1, -0.05) is 12.1 Å². The highest BCUT2D eigenvalue weighted by molar-refractivity contribution is 5.37. The van der Waals surface area contributed by atoms with Gasteiger partial charge in [-0.25, -0.2) is 0 Å². The third-order valence-electron chi connectivity index (χ3n) is 1.77. The molecule has 0 unspecified atom stereocenters. The molecule has 0 saturated heterocycles. The van der Waals surface area contributed by atoms with Crippen molar-refractivity contribution >= 4 is 0 Å². The number of ether oxygens (including phenoxy) is 1. The molecule has 0 spiro atoms. The van der Waals surface area contributed by atoms with E-state index in [-0.39, 0.29) is 6.15 Å². The zero-order valence-electron chi connectivity index (χ0n) is 7.35. The molecule has 0 aliphatic rings. The highest BCUT2D eigenvalue weighted by Gasteiger charge is 1.97. The van der Waals surface area contributed by atoms with Crippen LogP contribution in [0.5, 0.6) is 5.75 Å². The molecule has 2 nitrogen and oxygen atoms in total. The van der Waals surface area contributed by atoms with Gasteiger partial charge >= 0.3 is 0 Å². The van der Waals surface area contributed by atoms with Crippen molar-refractivity contribution in [3.8, 4) is 5.75 Å². The average Bonchev–Trinajstić information content (AvgIpc) is 1.95. The van der Waals surface area contributed by atoms with Gasteiger partial charge in [0.1, 0.15) is 5.75 Å². The van der Waals surface area contributed by atoms with Gasteiger partial charge in [0, 0.05) is 0 Å². The molecule has 0 aliphatic heterocycles. The number of hydrogen-bond donors (Lipinski definition) is 1. The number of aryl methyl sites for hydroxylation is 1. The average molecular weight is 153 g/mol. The molecule has 0 atom stereocenters. The van der Waals surface area contributed by atoms with E-state index in [0.717, 1.165) is 5.75 Å². The maximum atomic E-state index is 5.13. The van der Waals surface area contributed by atoms with Crippen LogP contribution < -0.4 is 10.9 Å². The van der Waals surface area contributed by atoms with Gasteiger partial charge < -0.3 is 10.9 Å². The van der Waals surface area contributed by atoms with Crippen molar-refractivity contribution in [2.24, 2.45) is 0 Å². The Labute approximate surface area is 67.8 Å². The summed E-state index contributed by atoms with van der Waals surface area (Å²) in [5.41, 5.74) is 2.50. The minimum absolute atomic E-state index is 0. The van der Waals surface area contributed by atoms with Gasteiger partial charge in [-0.3, -0.25) is 0 Å². The Kier molecular flexibility index (Phi) is 3.61. The van der Waals surface area contributed by atoms with Gasteiger partial charge in [0.25, 0.3) is 0 Å². The Balaban J connectivity index is 0.000001000. The number of methoxy groups -OCH3 is 1. The molecule has 0 fully saturated rings. The minimum Gasteiger partial charge on any atom is -0.496 e. The van der Waals surface area contributed by atoms with E-state index in [1.54, 1.807) is 7.11 Å². The second kappa shape index (κ2) is 3.98. The van der Waals surface area contributed by atoms with Crippen LogP contribution in [0.15, 0.2) is 18.2 Å². The molecule has 0 heterocycles. The van der Waals surface area contributed by atoms with E-state index in [4.69, 9.17) is 4.74 Å². The van der Waals surface area contributed by atoms with Crippen LogP contribution in [0.3, 0.4) is 0 Å². The molecule has 1 rings (SSSR count). The topological polar surface area (TPSA) is 44.2 Å². The van der Waals surface area contributed by atoms with Crippen molar-refractivity contribution in [3.63, 3.8) is 0 Å². The smallest absolute Gasteiger partial charge is 0.122 e. The van der Waals surface area contributed by atoms with Gasteiger partial charge in [0.2, 0.25) is 0 Å². The monoisotopic (exact) mass is 153 g/mol. The van der Waals surface area contributed by atoms with E-state index in [0.29, 0.717) is 0 Å². The molecule has 62 valence electrons. The third-order valence-corrected chi connectivity index (χ3v) is 1.77. The molecule has 0 aliphatic carbocycles. The molecule has 2 heteroatoms. The van der Waals surface area contributed by atoms with Crippen molar-refractivity contribution in [1.82, 2.24) is 6.15 Å². The second-order valence-electron chi connectivity index (χ2n) is 2.40. The molecule has 11 heavy (non-hydrogen) atoms. The molecule has 0 amide bonds. The van der Waals surface area contributed by atoms with E-state index in [1.165, 1.54) is 11.1 Å². The fourth-order valence-corrected chi connectivity index (χ4v) is 0.945. The van der Waals surface area contributed by atoms with Crippen LogP contribution in [0.1, 0.15) is 11.1 Å². The summed E-state index contributed by atoms with van der Waals surface area (Å²) in [6, 6.07) is 6.06. The first-order valence-electron chi connectivity index (χ1n) is 3.36. The maximum absolute atomic E-state index is 5.13. The number of hydrogen-bond acceptors (Lipinski definition) is 2. The first kappa shape index (κ1) is 9.98. The zero-order chi connectivity index (χ0) is 7.56. The summed E-state index contributed by atoms with van der Waals surface area (Å²) in [7, 11) is 1.70. The number of rotatable bonds is 1. The van der Waals surface area contributed by atoms with Crippen LogP contribution >= 0.6 is 0 Å². The van der Waals surface area contributed by atoms with Crippen molar-refractivity contribution in [3.05, 3.63) is 29.3 Å². The van der Waals surface area contributed by atoms with Crippen molar-refractivity contribution in [2.45, 2.75) is 13.8 Å². The van der Waals surface area contributed by atoms with Crippen LogP contribution in [0, 0.1) is 13.8 Å². The third kappa shape index (κ3) is 1.95. The zero-order valence-corrected chi connectivity index (χ0v) is 7.35. The van der Waals surface area contributed by atoms with E-state index < -0.39 is 0 Å². The van der Waals surface area contributed by atoms with Crippen LogP contribution in [0.25, 0.3) is 0 Å². The molecule has 1 aromatic carbocycles. The van der Waals surface area contributed by atoms with Crippen molar-refractivity contribution in [1.29, 1.82) is 0 Å². The van der Waals surface area contributed by atoms with Crippen LogP contribution in [0.2, 0.25) is 0 Å². The van der Waals surface area contributed by atoms with Gasteiger partial charge in [-0.2, -0.15) is 0 Å². The fraction of sp³-hybridized carbons (Fsp3) is 0.333. The van der Waals surface area contributed by atoms with Crippen molar-refractivity contribution < 1.29 is 4.74 Å². The first-order chi connectivity index (χ1) is 4.75. The Morgan fingerprint density at radius 2 is 1.82 bits per heavy atom. The van der Waals surface area contributed by atoms with Gasteiger partial charge in [-0.15, -0.1) is 0 Å². The van der Waals surface area contributed by atoms with Crippen LogP contribution in [0.4, 0.5) is 0 Å². The predicted molar refractivity (Wildman–Crippen MR) is 47.5 cm³/mol. The van der Waals surface area contributed by atoms with Gasteiger partial charge in [0.15, 0.2) is 0 Å². The molecule has 0 radical (unpaired) electrons. The first-order valence-corrected chi connectivity index (χ1v) is 3.36. The molecule has 3 N–H and O–H groups in total. The lowest BCUT2D eigenvalue weighted by molar-refractivity contribution is 0.411. The summed E-state index contributed by atoms with van der Waals surface area (Å²) in [6.45, 7) is 4.14. The Bertz CT molecular complexity index is 233. The lowest BCUT2D eigenvalue weighted by Crippen LogP contribution is -1.88. The fourth-order valence-electron chi connectivity index (χ4n) is 0.945. The van der Waals surface area contributed by atoms with Gasteiger partial charge in [0.05, 0.1) is 7.11 Å². The van der Waals surface area contributed by atoms with E-state index in [2.05, 4.69) is 19.9 Å². The van der Waals surface area contributed by atoms with E-state index in [1.807, 2.05) is 12.1 Å². The summed E-state index contributed by atoms with van der Waals surface area (Å²) >= 11 is 0. The highest BCUT2D eigenvalue weighted by Crippen LogP contribution is 2.19. The number of benzene rings is 1. The normalized spacial score (nSPS) is 8.64. The van der Waals surface area contributed by atoms with Crippen LogP contribution in [-0.2, 0) is 0 Å². The van der Waals surface area contributed by atoms with E-state index in [9.17, 15) is 0 Å². The molecule has 0 aromatic heterocycles. The molecular formula is C9H15NO. The Hall–Kier alpha value is -1.02. The summed E-state index contributed by atoms with van der Waals surface area (Å²) in [5.74, 6) is 0.972. The van der Waals surface area contributed by atoms with Crippen molar-refractivity contribution in [2.75, 3.05) is 7.11 Å². The quantitative estimate of drug-likeness (QED) is 0.673. The largest absolute Gasteiger partial charge is 0.496 e. The lowest BCUT2D eigenvalue weighted by Gasteiger charge is -2.05. The summed E-state index contributed by atoms with van der Waals surface area (Å²) < 4.78 is 5.13. The molecule has 1 aromatic rings. The summed E-state index contributed by atoms with van der Waals surface area (Å²) in [5, 5.41) is 0. The van der Waals surface area contributed by atoms with Gasteiger partial charge in [-0.05, 0) is 31.0 Å². The maximum Gasteiger partial charge on any atom is 0.122 e. The highest BCUT2D eigenvalue weighted by atomic mass is 16.5. The standard InChI is InChI=1S/C9H12O.H3N/c1-7-5-4-6-9(10-3)8(7)2;/h4-6H,1-3H3;1H3. The Morgan fingerprint density at radius 1 is 1.18 bits per heavy atom. The predicted octanol–water partition coefficient (Wildman–Crippen LogP) is 2.47. The molecule has 0 bridgehead atoms. The molecule has 0 saturated carbocycles. The lowest BCUT2D eigenvalue weighted by atomic mass is 10.1. The SMILES string of the molecule is COc1cccc(C)c1C.N. The van der Waals surface area contributed by atoms with E-state index >= 15 is 0 Å². The summed E-state index contributed by atoms with van der Waals surface area (Å²) in [4.78, 5) is 0. The minimum atomic E-state index is 0. The summed E-state index contributed by atoms with van der Waals surface area (Å²) in [6.07, 6.45) is 0. The van der Waals surface area contributed by atoms with Crippen LogP contribution in [-0.4, -0.2) is 7.11 Å². The molecular weight excluding hydrogens is 138 g/mol. The second-order valence-corrected chi connectivity index (χ2v) is 2.40. The Morgan fingerprint density at radius 3 is 2.27 bits per heavy atom.